The molecule has 0 spiro atoms. The molecule has 0 aliphatic heterocycles. The van der Waals surface area contributed by atoms with E-state index in [0.29, 0.717) is 24.7 Å². The highest BCUT2D eigenvalue weighted by atomic mass is 35.5. The Kier molecular flexibility index (Phi) is 6.39. The Labute approximate surface area is 136 Å². The number of hydrogen-bond acceptors (Lipinski definition) is 4. The molecule has 1 atom stereocenters. The van der Waals surface area contributed by atoms with Crippen LogP contribution in [0.3, 0.4) is 0 Å². The molecule has 0 saturated carbocycles. The number of rotatable bonds is 8. The van der Waals surface area contributed by atoms with Gasteiger partial charge in [0, 0.05) is 31.0 Å². The molecule has 0 aliphatic carbocycles. The summed E-state index contributed by atoms with van der Waals surface area (Å²) in [4.78, 5) is 6.29. The fourth-order valence-corrected chi connectivity index (χ4v) is 2.38. The molecule has 0 amide bonds. The fraction of sp³-hybridized carbons (Fsp3) is 0.438. The summed E-state index contributed by atoms with van der Waals surface area (Å²) in [6, 6.07) is 7.55. The van der Waals surface area contributed by atoms with E-state index < -0.39 is 6.10 Å². The first-order valence-corrected chi connectivity index (χ1v) is 7.58. The van der Waals surface area contributed by atoms with E-state index in [9.17, 15) is 5.11 Å². The van der Waals surface area contributed by atoms with Gasteiger partial charge in [-0.15, -0.1) is 0 Å². The average molecular weight is 324 g/mol. The van der Waals surface area contributed by atoms with Crippen LogP contribution in [0.2, 0.25) is 5.02 Å². The summed E-state index contributed by atoms with van der Waals surface area (Å²) in [6.07, 6.45) is 3.13. The normalized spacial score (nSPS) is 12.8. The number of benzene rings is 1. The molecule has 2 aromatic rings. The van der Waals surface area contributed by atoms with Crippen molar-refractivity contribution in [1.82, 2.24) is 14.5 Å². The number of halogens is 1. The van der Waals surface area contributed by atoms with E-state index in [2.05, 4.69) is 4.98 Å². The Bertz CT molecular complexity index is 588. The van der Waals surface area contributed by atoms with Gasteiger partial charge in [-0.2, -0.15) is 0 Å². The van der Waals surface area contributed by atoms with Gasteiger partial charge >= 0.3 is 0 Å². The average Bonchev–Trinajstić information content (AvgIpc) is 2.86. The summed E-state index contributed by atoms with van der Waals surface area (Å²) in [7, 11) is 3.91. The largest absolute Gasteiger partial charge is 0.389 e. The Morgan fingerprint density at radius 1 is 1.41 bits per heavy atom. The number of aliphatic hydroxyl groups is 1. The van der Waals surface area contributed by atoms with Gasteiger partial charge in [-0.25, -0.2) is 4.98 Å². The maximum atomic E-state index is 10.0. The first-order valence-electron chi connectivity index (χ1n) is 7.20. The fourth-order valence-electron chi connectivity index (χ4n) is 2.19. The molecule has 6 heteroatoms. The smallest absolute Gasteiger partial charge is 0.122 e. The van der Waals surface area contributed by atoms with Gasteiger partial charge in [0.25, 0.3) is 0 Å². The molecule has 1 unspecified atom stereocenters. The number of ether oxygens (including phenoxy) is 1. The molecule has 2 rings (SSSR count). The van der Waals surface area contributed by atoms with Crippen molar-refractivity contribution in [3.8, 4) is 0 Å². The van der Waals surface area contributed by atoms with Crippen LogP contribution in [0.5, 0.6) is 0 Å². The van der Waals surface area contributed by atoms with Gasteiger partial charge in [0.2, 0.25) is 0 Å². The van der Waals surface area contributed by atoms with Gasteiger partial charge in [0.1, 0.15) is 5.82 Å². The van der Waals surface area contributed by atoms with Crippen LogP contribution in [0, 0.1) is 0 Å². The zero-order valence-corrected chi connectivity index (χ0v) is 13.7. The third-order valence-corrected chi connectivity index (χ3v) is 3.75. The van der Waals surface area contributed by atoms with Gasteiger partial charge in [0.05, 0.1) is 25.9 Å². The molecule has 0 fully saturated rings. The lowest BCUT2D eigenvalue weighted by Crippen LogP contribution is -2.32. The maximum absolute atomic E-state index is 10.0. The lowest BCUT2D eigenvalue weighted by Gasteiger charge is -2.20. The first-order chi connectivity index (χ1) is 10.6. The van der Waals surface area contributed by atoms with E-state index in [1.807, 2.05) is 54.0 Å². The lowest BCUT2D eigenvalue weighted by atomic mass is 10.2. The van der Waals surface area contributed by atoms with Crippen LogP contribution in [0.25, 0.3) is 0 Å². The van der Waals surface area contributed by atoms with E-state index in [4.69, 9.17) is 16.3 Å². The van der Waals surface area contributed by atoms with Crippen molar-refractivity contribution < 1.29 is 9.84 Å². The van der Waals surface area contributed by atoms with E-state index in [0.717, 1.165) is 11.4 Å². The minimum Gasteiger partial charge on any atom is -0.389 e. The van der Waals surface area contributed by atoms with Crippen molar-refractivity contribution in [2.45, 2.75) is 19.3 Å². The highest BCUT2D eigenvalue weighted by Gasteiger charge is 2.11. The van der Waals surface area contributed by atoms with Gasteiger partial charge in [-0.1, -0.05) is 29.8 Å². The van der Waals surface area contributed by atoms with Crippen LogP contribution in [-0.4, -0.2) is 45.9 Å². The molecule has 1 aromatic carbocycles. The molecule has 1 N–H and O–H groups in total. The summed E-state index contributed by atoms with van der Waals surface area (Å²) < 4.78 is 7.51. The lowest BCUT2D eigenvalue weighted by molar-refractivity contribution is 0.0123. The maximum Gasteiger partial charge on any atom is 0.122 e. The van der Waals surface area contributed by atoms with Crippen molar-refractivity contribution in [3.05, 3.63) is 53.1 Å². The Morgan fingerprint density at radius 3 is 2.86 bits per heavy atom. The standard InChI is InChI=1S/C16H22ClN3O2/c1-19(10-16-18-7-8-20(16)2)9-14(21)12-22-11-13-5-3-4-6-15(13)17/h3-8,14,21H,9-12H2,1-2H3. The number of aryl methyl sites for hydroxylation is 1. The third-order valence-electron chi connectivity index (χ3n) is 3.38. The van der Waals surface area contributed by atoms with Gasteiger partial charge in [0.15, 0.2) is 0 Å². The second-order valence-corrected chi connectivity index (χ2v) is 5.82. The molecular weight excluding hydrogens is 302 g/mol. The molecular formula is C16H22ClN3O2. The van der Waals surface area contributed by atoms with Gasteiger partial charge in [-0.05, 0) is 18.7 Å². The van der Waals surface area contributed by atoms with Crippen LogP contribution in [0.15, 0.2) is 36.7 Å². The molecule has 0 bridgehead atoms. The van der Waals surface area contributed by atoms with E-state index >= 15 is 0 Å². The van der Waals surface area contributed by atoms with Crippen LogP contribution in [-0.2, 0) is 24.9 Å². The molecule has 120 valence electrons. The van der Waals surface area contributed by atoms with Crippen molar-refractivity contribution >= 4 is 11.6 Å². The van der Waals surface area contributed by atoms with Crippen molar-refractivity contribution in [2.24, 2.45) is 7.05 Å². The SMILES string of the molecule is CN(Cc1nccn1C)CC(O)COCc1ccccc1Cl. The summed E-state index contributed by atoms with van der Waals surface area (Å²) >= 11 is 6.06. The van der Waals surface area contributed by atoms with E-state index in [-0.39, 0.29) is 6.61 Å². The molecule has 0 radical (unpaired) electrons. The molecule has 5 nitrogen and oxygen atoms in total. The minimum atomic E-state index is -0.548. The summed E-state index contributed by atoms with van der Waals surface area (Å²) in [5.74, 6) is 0.965. The summed E-state index contributed by atoms with van der Waals surface area (Å²) in [6.45, 7) is 1.89. The Hall–Kier alpha value is -1.40. The monoisotopic (exact) mass is 323 g/mol. The number of hydrogen-bond donors (Lipinski definition) is 1. The predicted molar refractivity (Wildman–Crippen MR) is 86.7 cm³/mol. The molecule has 1 heterocycles. The highest BCUT2D eigenvalue weighted by Crippen LogP contribution is 2.15. The van der Waals surface area contributed by atoms with Crippen LogP contribution < -0.4 is 0 Å². The zero-order chi connectivity index (χ0) is 15.9. The quantitative estimate of drug-likeness (QED) is 0.808. The van der Waals surface area contributed by atoms with Gasteiger partial charge < -0.3 is 14.4 Å². The number of aliphatic hydroxyl groups excluding tert-OH is 1. The van der Waals surface area contributed by atoms with Crippen LogP contribution in [0.4, 0.5) is 0 Å². The van der Waals surface area contributed by atoms with E-state index in [1.54, 1.807) is 6.20 Å². The zero-order valence-electron chi connectivity index (χ0n) is 12.9. The molecule has 22 heavy (non-hydrogen) atoms. The van der Waals surface area contributed by atoms with E-state index in [1.165, 1.54) is 0 Å². The number of aromatic nitrogens is 2. The first kappa shape index (κ1) is 17.0. The molecule has 0 aliphatic rings. The number of imidazole rings is 1. The second-order valence-electron chi connectivity index (χ2n) is 5.41. The summed E-state index contributed by atoms with van der Waals surface area (Å²) in [5, 5.41) is 10.7. The van der Waals surface area contributed by atoms with Gasteiger partial charge in [-0.3, -0.25) is 4.90 Å². The van der Waals surface area contributed by atoms with Crippen molar-refractivity contribution in [1.29, 1.82) is 0 Å². The molecule has 0 saturated heterocycles. The Balaban J connectivity index is 1.70. The Morgan fingerprint density at radius 2 is 2.18 bits per heavy atom. The summed E-state index contributed by atoms with van der Waals surface area (Å²) in [5.41, 5.74) is 0.928. The second kappa shape index (κ2) is 8.29. The number of likely N-dealkylation sites (N-methyl/N-ethyl adjacent to an activating group) is 1. The van der Waals surface area contributed by atoms with Crippen LogP contribution >= 0.6 is 11.6 Å². The molecule has 1 aromatic heterocycles. The van der Waals surface area contributed by atoms with Crippen molar-refractivity contribution in [3.63, 3.8) is 0 Å². The number of nitrogens with zero attached hydrogens (tertiary/aromatic N) is 3. The minimum absolute atomic E-state index is 0.274. The topological polar surface area (TPSA) is 50.5 Å². The predicted octanol–water partition coefficient (Wildman–Crippen LogP) is 2.08. The third kappa shape index (κ3) is 5.10. The highest BCUT2D eigenvalue weighted by molar-refractivity contribution is 6.31. The van der Waals surface area contributed by atoms with Crippen molar-refractivity contribution in [2.75, 3.05) is 20.2 Å². The van der Waals surface area contributed by atoms with Crippen LogP contribution in [0.1, 0.15) is 11.4 Å².